The van der Waals surface area contributed by atoms with Gasteiger partial charge in [0.15, 0.2) is 0 Å². The molecular weight excluding hydrogens is 162 g/mol. The Bertz CT molecular complexity index is 292. The Balaban J connectivity index is 3.05. The Kier molecular flexibility index (Phi) is 2.28. The second-order valence-corrected chi connectivity index (χ2v) is 4.24. The molecule has 0 atom stereocenters. The molecule has 13 heavy (non-hydrogen) atoms. The zero-order valence-corrected chi connectivity index (χ0v) is 9.05. The van der Waals surface area contributed by atoms with E-state index in [0.29, 0.717) is 0 Å². The van der Waals surface area contributed by atoms with Crippen LogP contribution in [0, 0.1) is 0 Å². The minimum absolute atomic E-state index is 0.00509. The Labute approximate surface area is 79.9 Å². The molecule has 0 fully saturated rings. The van der Waals surface area contributed by atoms with Crippen molar-refractivity contribution in [1.82, 2.24) is 4.90 Å². The summed E-state index contributed by atoms with van der Waals surface area (Å²) in [5, 5.41) is 0. The van der Waals surface area contributed by atoms with Gasteiger partial charge >= 0.3 is 0 Å². The second-order valence-electron chi connectivity index (χ2n) is 4.24. The van der Waals surface area contributed by atoms with Gasteiger partial charge in [0.2, 0.25) is 0 Å². The zero-order chi connectivity index (χ0) is 10.2. The van der Waals surface area contributed by atoms with Crippen LogP contribution in [0.15, 0.2) is 22.4 Å². The summed E-state index contributed by atoms with van der Waals surface area (Å²) < 4.78 is 0. The molecule has 0 unspecified atom stereocenters. The molecule has 0 N–H and O–H groups in total. The fourth-order valence-electron chi connectivity index (χ4n) is 1.61. The summed E-state index contributed by atoms with van der Waals surface area (Å²) in [6.45, 7) is 14.1. The maximum absolute atomic E-state index is 4.31. The molecule has 0 aromatic heterocycles. The average Bonchev–Trinajstić information content (AvgIpc) is 1.78. The van der Waals surface area contributed by atoms with Crippen molar-refractivity contribution >= 4 is 11.7 Å². The molecule has 0 aromatic rings. The predicted molar refractivity (Wildman–Crippen MR) is 57.0 cm³/mol. The third kappa shape index (κ3) is 1.97. The number of rotatable bonds is 0. The summed E-state index contributed by atoms with van der Waals surface area (Å²) in [6.07, 6.45) is 0. The number of aliphatic imine (C=N–C) groups is 2. The van der Waals surface area contributed by atoms with Crippen LogP contribution in [0.1, 0.15) is 34.6 Å². The van der Waals surface area contributed by atoms with Gasteiger partial charge in [-0.25, -0.2) is 9.98 Å². The van der Waals surface area contributed by atoms with Crippen LogP contribution in [0.4, 0.5) is 0 Å². The summed E-state index contributed by atoms with van der Waals surface area (Å²) in [5.74, 6) is 2.52. The normalized spacial score (nSPS) is 18.5. The van der Waals surface area contributed by atoms with Crippen LogP contribution in [-0.2, 0) is 0 Å². The van der Waals surface area contributed by atoms with Gasteiger partial charge < -0.3 is 4.90 Å². The lowest BCUT2D eigenvalue weighted by atomic mass is 10.1. The molecule has 0 saturated carbocycles. The van der Waals surface area contributed by atoms with E-state index in [0.717, 1.165) is 17.5 Å². The monoisotopic (exact) mass is 179 g/mol. The molecule has 0 amide bonds. The van der Waals surface area contributed by atoms with Crippen molar-refractivity contribution in [3.8, 4) is 0 Å². The van der Waals surface area contributed by atoms with Crippen molar-refractivity contribution in [2.45, 2.75) is 40.2 Å². The fourth-order valence-corrected chi connectivity index (χ4v) is 1.61. The van der Waals surface area contributed by atoms with E-state index in [9.17, 15) is 0 Å². The van der Waals surface area contributed by atoms with Gasteiger partial charge in [0, 0.05) is 5.54 Å². The average molecular weight is 179 g/mol. The molecule has 0 spiro atoms. The smallest absolute Gasteiger partial charge is 0.129 e. The molecule has 1 aliphatic heterocycles. The molecule has 1 heterocycles. The van der Waals surface area contributed by atoms with Crippen LogP contribution in [0.2, 0.25) is 0 Å². The van der Waals surface area contributed by atoms with E-state index in [2.05, 4.69) is 37.3 Å². The first-order chi connectivity index (χ1) is 5.82. The summed E-state index contributed by atoms with van der Waals surface area (Å²) in [4.78, 5) is 10.6. The van der Waals surface area contributed by atoms with Crippen LogP contribution in [0.25, 0.3) is 0 Å². The summed E-state index contributed by atoms with van der Waals surface area (Å²) in [5.41, 5.74) is -0.00509. The van der Waals surface area contributed by atoms with E-state index in [1.165, 1.54) is 0 Å². The van der Waals surface area contributed by atoms with Crippen LogP contribution >= 0.6 is 0 Å². The largest absolute Gasteiger partial charge is 0.310 e. The second kappa shape index (κ2) is 2.98. The van der Waals surface area contributed by atoms with E-state index >= 15 is 0 Å². The first kappa shape index (κ1) is 9.96. The minimum atomic E-state index is -0.00509. The molecule has 1 aliphatic rings. The molecule has 0 bridgehead atoms. The van der Waals surface area contributed by atoms with Gasteiger partial charge in [-0.1, -0.05) is 6.58 Å². The highest BCUT2D eigenvalue weighted by atomic mass is 15.3. The summed E-state index contributed by atoms with van der Waals surface area (Å²) in [6, 6.07) is 0. The van der Waals surface area contributed by atoms with E-state index in [1.54, 1.807) is 0 Å². The molecule has 1 rings (SSSR count). The first-order valence-corrected chi connectivity index (χ1v) is 4.42. The lowest BCUT2D eigenvalue weighted by Gasteiger charge is -2.38. The van der Waals surface area contributed by atoms with Crippen molar-refractivity contribution in [1.29, 1.82) is 0 Å². The molecule has 3 nitrogen and oxygen atoms in total. The van der Waals surface area contributed by atoms with Gasteiger partial charge in [-0.05, 0) is 34.6 Å². The third-order valence-corrected chi connectivity index (χ3v) is 1.87. The minimum Gasteiger partial charge on any atom is -0.310 e. The van der Waals surface area contributed by atoms with Gasteiger partial charge in [0.25, 0.3) is 0 Å². The Hall–Kier alpha value is -1.12. The van der Waals surface area contributed by atoms with E-state index in [1.807, 2.05) is 18.7 Å². The summed E-state index contributed by atoms with van der Waals surface area (Å²) >= 11 is 0. The molecule has 0 radical (unpaired) electrons. The number of amidine groups is 2. The van der Waals surface area contributed by atoms with Crippen molar-refractivity contribution in [3.63, 3.8) is 0 Å². The van der Waals surface area contributed by atoms with Gasteiger partial charge in [0.1, 0.15) is 17.5 Å². The number of hydrogen-bond acceptors (Lipinski definition) is 3. The van der Waals surface area contributed by atoms with Crippen LogP contribution in [0.3, 0.4) is 0 Å². The molecule has 3 heteroatoms. The molecule has 0 aromatic carbocycles. The third-order valence-electron chi connectivity index (χ3n) is 1.87. The molecule has 72 valence electrons. The first-order valence-electron chi connectivity index (χ1n) is 4.42. The number of nitrogens with zero attached hydrogens (tertiary/aromatic N) is 3. The maximum Gasteiger partial charge on any atom is 0.129 e. The van der Waals surface area contributed by atoms with E-state index in [4.69, 9.17) is 0 Å². The lowest BCUT2D eigenvalue weighted by molar-refractivity contribution is 0.285. The van der Waals surface area contributed by atoms with Crippen molar-refractivity contribution in [3.05, 3.63) is 12.4 Å². The van der Waals surface area contributed by atoms with Crippen molar-refractivity contribution < 1.29 is 0 Å². The highest BCUT2D eigenvalue weighted by Gasteiger charge is 2.27. The molecule has 0 saturated heterocycles. The van der Waals surface area contributed by atoms with Crippen LogP contribution in [-0.4, -0.2) is 22.1 Å². The number of hydrogen-bond donors (Lipinski definition) is 0. The van der Waals surface area contributed by atoms with Crippen molar-refractivity contribution in [2.24, 2.45) is 9.98 Å². The van der Waals surface area contributed by atoms with Crippen LogP contribution < -0.4 is 0 Å². The van der Waals surface area contributed by atoms with E-state index in [-0.39, 0.29) is 5.54 Å². The van der Waals surface area contributed by atoms with E-state index < -0.39 is 0 Å². The Morgan fingerprint density at radius 3 is 2.08 bits per heavy atom. The van der Waals surface area contributed by atoms with Gasteiger partial charge in [-0.3, -0.25) is 0 Å². The predicted octanol–water partition coefficient (Wildman–Crippen LogP) is 2.41. The van der Waals surface area contributed by atoms with Crippen LogP contribution in [0.5, 0.6) is 0 Å². The maximum atomic E-state index is 4.31. The van der Waals surface area contributed by atoms with Gasteiger partial charge in [-0.2, -0.15) is 0 Å². The standard InChI is InChI=1S/C10H17N3/c1-7-11-8(2)13(9(3)12-7)10(4,5)6/h2H2,1,3-6H3. The zero-order valence-electron chi connectivity index (χ0n) is 9.05. The van der Waals surface area contributed by atoms with Gasteiger partial charge in [-0.15, -0.1) is 0 Å². The molecular formula is C10H17N3. The fraction of sp³-hybridized carbons (Fsp3) is 0.600. The summed E-state index contributed by atoms with van der Waals surface area (Å²) in [7, 11) is 0. The van der Waals surface area contributed by atoms with Gasteiger partial charge in [0.05, 0.1) is 0 Å². The quantitative estimate of drug-likeness (QED) is 0.561. The molecule has 0 aliphatic carbocycles. The Morgan fingerprint density at radius 2 is 1.69 bits per heavy atom. The SMILES string of the molecule is C=C1N=C(C)N=C(C)N1C(C)(C)C. The van der Waals surface area contributed by atoms with Crippen molar-refractivity contribution in [2.75, 3.05) is 0 Å². The topological polar surface area (TPSA) is 28.0 Å². The Morgan fingerprint density at radius 1 is 1.15 bits per heavy atom. The highest BCUT2D eigenvalue weighted by Crippen LogP contribution is 2.22. The highest BCUT2D eigenvalue weighted by molar-refractivity contribution is 5.98. The lowest BCUT2D eigenvalue weighted by Crippen LogP contribution is -2.44.